The molecule has 2 unspecified atom stereocenters. The maximum atomic E-state index is 2.33. The van der Waals surface area contributed by atoms with Crippen molar-refractivity contribution in [3.8, 4) is 0 Å². The van der Waals surface area contributed by atoms with Crippen LogP contribution in [-0.4, -0.2) is 0 Å². The molecule has 1 saturated carbocycles. The van der Waals surface area contributed by atoms with Crippen molar-refractivity contribution < 1.29 is 0 Å². The summed E-state index contributed by atoms with van der Waals surface area (Å²) < 4.78 is 0. The van der Waals surface area contributed by atoms with Gasteiger partial charge in [-0.05, 0) is 30.3 Å². The Hall–Kier alpha value is -0.780. The molecule has 0 aromatic rings. The van der Waals surface area contributed by atoms with E-state index >= 15 is 0 Å². The predicted molar refractivity (Wildman–Crippen MR) is 48.3 cm³/mol. The van der Waals surface area contributed by atoms with E-state index in [2.05, 4.69) is 37.3 Å². The molecule has 0 aliphatic heterocycles. The van der Waals surface area contributed by atoms with E-state index in [1.54, 1.807) is 0 Å². The second kappa shape index (κ2) is 2.69. The van der Waals surface area contributed by atoms with Crippen molar-refractivity contribution in [1.82, 2.24) is 0 Å². The minimum Gasteiger partial charge on any atom is -0.0807 e. The van der Waals surface area contributed by atoms with Crippen molar-refractivity contribution in [2.24, 2.45) is 11.8 Å². The average molecular weight is 146 g/mol. The summed E-state index contributed by atoms with van der Waals surface area (Å²) >= 11 is 0. The molecule has 2 aliphatic rings. The molecule has 0 aromatic heterocycles. The maximum absolute atomic E-state index is 2.33. The molecule has 0 heteroatoms. The number of hydrogen-bond acceptors (Lipinski definition) is 0. The van der Waals surface area contributed by atoms with Gasteiger partial charge in [0.15, 0.2) is 0 Å². The van der Waals surface area contributed by atoms with Gasteiger partial charge >= 0.3 is 0 Å². The van der Waals surface area contributed by atoms with Gasteiger partial charge in [-0.15, -0.1) is 0 Å². The first-order chi connectivity index (χ1) is 5.38. The van der Waals surface area contributed by atoms with E-state index in [1.807, 2.05) is 0 Å². The van der Waals surface area contributed by atoms with E-state index in [1.165, 1.54) is 12.0 Å². The van der Waals surface area contributed by atoms with Crippen molar-refractivity contribution in [2.45, 2.75) is 19.8 Å². The summed E-state index contributed by atoms with van der Waals surface area (Å²) in [5, 5.41) is 0. The molecule has 0 radical (unpaired) electrons. The third-order valence-corrected chi connectivity index (χ3v) is 2.54. The van der Waals surface area contributed by atoms with E-state index in [-0.39, 0.29) is 0 Å². The highest BCUT2D eigenvalue weighted by molar-refractivity contribution is 5.32. The lowest BCUT2D eigenvalue weighted by atomic mass is 10.1. The SMILES string of the molecule is CC1CC1C1=CC=CCC=C1. The number of rotatable bonds is 1. The zero-order valence-corrected chi connectivity index (χ0v) is 6.96. The summed E-state index contributed by atoms with van der Waals surface area (Å²) in [4.78, 5) is 0. The molecule has 0 N–H and O–H groups in total. The van der Waals surface area contributed by atoms with Crippen LogP contribution in [0.1, 0.15) is 19.8 Å². The Morgan fingerprint density at radius 1 is 1.36 bits per heavy atom. The van der Waals surface area contributed by atoms with Crippen molar-refractivity contribution in [3.05, 3.63) is 36.0 Å². The summed E-state index contributed by atoms with van der Waals surface area (Å²) in [6.45, 7) is 2.33. The quantitative estimate of drug-likeness (QED) is 0.533. The fourth-order valence-corrected chi connectivity index (χ4v) is 1.63. The van der Waals surface area contributed by atoms with Crippen LogP contribution in [0.2, 0.25) is 0 Å². The summed E-state index contributed by atoms with van der Waals surface area (Å²) in [7, 11) is 0. The molecule has 0 bridgehead atoms. The average Bonchev–Trinajstić information content (AvgIpc) is 2.71. The van der Waals surface area contributed by atoms with E-state index in [4.69, 9.17) is 0 Å². The van der Waals surface area contributed by atoms with Gasteiger partial charge in [0.2, 0.25) is 0 Å². The normalized spacial score (nSPS) is 34.8. The van der Waals surface area contributed by atoms with Crippen LogP contribution < -0.4 is 0 Å². The fraction of sp³-hybridized carbons (Fsp3) is 0.455. The Morgan fingerprint density at radius 3 is 2.91 bits per heavy atom. The molecule has 0 spiro atoms. The Bertz CT molecular complexity index is 230. The van der Waals surface area contributed by atoms with Crippen LogP contribution in [0, 0.1) is 11.8 Å². The summed E-state index contributed by atoms with van der Waals surface area (Å²) in [5.41, 5.74) is 1.53. The molecule has 0 aromatic carbocycles. The Kier molecular flexibility index (Phi) is 1.69. The van der Waals surface area contributed by atoms with Gasteiger partial charge in [-0.1, -0.05) is 37.3 Å². The second-order valence-electron chi connectivity index (χ2n) is 3.55. The highest BCUT2D eigenvalue weighted by Crippen LogP contribution is 2.44. The minimum atomic E-state index is 0.869. The highest BCUT2D eigenvalue weighted by atomic mass is 14.4. The second-order valence-corrected chi connectivity index (χ2v) is 3.55. The van der Waals surface area contributed by atoms with Crippen LogP contribution in [-0.2, 0) is 0 Å². The third-order valence-electron chi connectivity index (χ3n) is 2.54. The highest BCUT2D eigenvalue weighted by Gasteiger charge is 2.34. The van der Waals surface area contributed by atoms with Crippen LogP contribution in [0.3, 0.4) is 0 Å². The zero-order valence-electron chi connectivity index (χ0n) is 6.96. The Balaban J connectivity index is 2.12. The Morgan fingerprint density at radius 2 is 2.18 bits per heavy atom. The Labute approximate surface area is 68.3 Å². The predicted octanol–water partition coefficient (Wildman–Crippen LogP) is 3.08. The molecular weight excluding hydrogens is 132 g/mol. The lowest BCUT2D eigenvalue weighted by Gasteiger charge is -1.95. The number of hydrogen-bond donors (Lipinski definition) is 0. The lowest BCUT2D eigenvalue weighted by Crippen LogP contribution is -1.81. The van der Waals surface area contributed by atoms with Gasteiger partial charge in [-0.2, -0.15) is 0 Å². The first kappa shape index (κ1) is 6.90. The van der Waals surface area contributed by atoms with Gasteiger partial charge in [0.05, 0.1) is 0 Å². The lowest BCUT2D eigenvalue weighted by molar-refractivity contribution is 0.873. The molecular formula is C11H14. The number of allylic oxidation sites excluding steroid dienone is 6. The molecule has 2 atom stereocenters. The fourth-order valence-electron chi connectivity index (χ4n) is 1.63. The van der Waals surface area contributed by atoms with Gasteiger partial charge in [0.1, 0.15) is 0 Å². The largest absolute Gasteiger partial charge is 0.0807 e. The molecule has 0 saturated heterocycles. The smallest absolute Gasteiger partial charge is 0.0133 e. The molecule has 2 aliphatic carbocycles. The molecule has 0 amide bonds. The van der Waals surface area contributed by atoms with Gasteiger partial charge in [0.25, 0.3) is 0 Å². The third kappa shape index (κ3) is 1.45. The molecule has 0 nitrogen and oxygen atoms in total. The standard InChI is InChI=1S/C11H14/c1-9-8-11(9)10-6-4-2-3-5-7-10/h2,4-7,9,11H,3,8H2,1H3. The van der Waals surface area contributed by atoms with Crippen LogP contribution in [0.15, 0.2) is 36.0 Å². The molecule has 11 heavy (non-hydrogen) atoms. The maximum Gasteiger partial charge on any atom is -0.0133 e. The van der Waals surface area contributed by atoms with Gasteiger partial charge in [0, 0.05) is 0 Å². The van der Waals surface area contributed by atoms with Crippen LogP contribution >= 0.6 is 0 Å². The van der Waals surface area contributed by atoms with E-state index in [0.717, 1.165) is 18.3 Å². The summed E-state index contributed by atoms with van der Waals surface area (Å²) in [5.74, 6) is 1.80. The summed E-state index contributed by atoms with van der Waals surface area (Å²) in [6.07, 6.45) is 13.7. The van der Waals surface area contributed by atoms with Crippen molar-refractivity contribution in [1.29, 1.82) is 0 Å². The van der Waals surface area contributed by atoms with Gasteiger partial charge in [-0.3, -0.25) is 0 Å². The molecule has 2 rings (SSSR count). The molecule has 58 valence electrons. The van der Waals surface area contributed by atoms with E-state index < -0.39 is 0 Å². The van der Waals surface area contributed by atoms with Gasteiger partial charge < -0.3 is 0 Å². The topological polar surface area (TPSA) is 0 Å². The van der Waals surface area contributed by atoms with Crippen molar-refractivity contribution in [2.75, 3.05) is 0 Å². The van der Waals surface area contributed by atoms with E-state index in [0.29, 0.717) is 0 Å². The van der Waals surface area contributed by atoms with Crippen molar-refractivity contribution in [3.63, 3.8) is 0 Å². The van der Waals surface area contributed by atoms with Crippen molar-refractivity contribution >= 4 is 0 Å². The van der Waals surface area contributed by atoms with E-state index in [9.17, 15) is 0 Å². The first-order valence-corrected chi connectivity index (χ1v) is 4.41. The zero-order chi connectivity index (χ0) is 7.68. The summed E-state index contributed by atoms with van der Waals surface area (Å²) in [6, 6.07) is 0. The van der Waals surface area contributed by atoms with Crippen LogP contribution in [0.25, 0.3) is 0 Å². The minimum absolute atomic E-state index is 0.869. The van der Waals surface area contributed by atoms with Crippen LogP contribution in [0.5, 0.6) is 0 Å². The first-order valence-electron chi connectivity index (χ1n) is 4.41. The monoisotopic (exact) mass is 146 g/mol. The van der Waals surface area contributed by atoms with Crippen LogP contribution in [0.4, 0.5) is 0 Å². The molecule has 1 fully saturated rings. The van der Waals surface area contributed by atoms with Gasteiger partial charge in [-0.25, -0.2) is 0 Å². The molecule has 0 heterocycles.